The molecule has 2 aromatic rings. The Kier molecular flexibility index (Phi) is 4.54. The summed E-state index contributed by atoms with van der Waals surface area (Å²) in [4.78, 5) is 43.6. The quantitative estimate of drug-likeness (QED) is 0.856. The lowest BCUT2D eigenvalue weighted by Crippen LogP contribution is -2.49. The molecule has 0 spiro atoms. The number of aromatic nitrogens is 4. The molecule has 1 N–H and O–H groups in total. The van der Waals surface area contributed by atoms with Crippen LogP contribution in [0, 0.1) is 13.8 Å². The number of H-pyrrole nitrogens is 1. The Morgan fingerprint density at radius 2 is 1.83 bits per heavy atom. The summed E-state index contributed by atoms with van der Waals surface area (Å²) in [6, 6.07) is 1.78. The van der Waals surface area contributed by atoms with E-state index in [4.69, 9.17) is 0 Å². The number of carbonyl (C=O) groups excluding carboxylic acids is 1. The largest absolute Gasteiger partial charge is 0.339 e. The Hall–Kier alpha value is -2.77. The third-order valence-corrected chi connectivity index (χ3v) is 4.16. The molecular formula is C16H20N6O2. The lowest BCUT2D eigenvalue weighted by molar-refractivity contribution is -0.130. The lowest BCUT2D eigenvalue weighted by Gasteiger charge is -2.34. The first kappa shape index (κ1) is 16.1. The summed E-state index contributed by atoms with van der Waals surface area (Å²) in [6.07, 6.45) is 3.57. The highest BCUT2D eigenvalue weighted by molar-refractivity contribution is 5.79. The Morgan fingerprint density at radius 1 is 1.17 bits per heavy atom. The summed E-state index contributed by atoms with van der Waals surface area (Å²) in [7, 11) is 0. The van der Waals surface area contributed by atoms with Gasteiger partial charge in [-0.15, -0.1) is 0 Å². The summed E-state index contributed by atoms with van der Waals surface area (Å²) in [6.45, 7) is 6.01. The number of piperazine rings is 1. The van der Waals surface area contributed by atoms with Gasteiger partial charge in [0.25, 0.3) is 5.56 Å². The predicted octanol–water partition coefficient (Wildman–Crippen LogP) is 0.0680. The van der Waals surface area contributed by atoms with Crippen molar-refractivity contribution in [1.29, 1.82) is 0 Å². The zero-order chi connectivity index (χ0) is 17.1. The van der Waals surface area contributed by atoms with Crippen LogP contribution in [0.4, 0.5) is 5.95 Å². The van der Waals surface area contributed by atoms with Gasteiger partial charge in [-0.05, 0) is 19.9 Å². The fraction of sp³-hybridized carbons (Fsp3) is 0.438. The normalized spacial score (nSPS) is 14.8. The van der Waals surface area contributed by atoms with E-state index in [1.165, 1.54) is 0 Å². The molecule has 0 saturated carbocycles. The van der Waals surface area contributed by atoms with Crippen molar-refractivity contribution in [2.24, 2.45) is 0 Å². The Labute approximate surface area is 139 Å². The van der Waals surface area contributed by atoms with Gasteiger partial charge in [0.1, 0.15) is 5.82 Å². The van der Waals surface area contributed by atoms with E-state index in [-0.39, 0.29) is 17.9 Å². The van der Waals surface area contributed by atoms with Crippen LogP contribution in [-0.2, 0) is 11.2 Å². The number of nitrogens with zero attached hydrogens (tertiary/aromatic N) is 5. The molecule has 1 aliphatic heterocycles. The minimum absolute atomic E-state index is 0.00997. The van der Waals surface area contributed by atoms with Crippen LogP contribution in [0.2, 0.25) is 0 Å². The first-order valence-electron chi connectivity index (χ1n) is 7.90. The van der Waals surface area contributed by atoms with Gasteiger partial charge in [-0.25, -0.2) is 15.0 Å². The third kappa shape index (κ3) is 3.42. The molecular weight excluding hydrogens is 308 g/mol. The molecule has 0 aromatic carbocycles. The van der Waals surface area contributed by atoms with Crippen LogP contribution in [-0.4, -0.2) is 56.9 Å². The lowest BCUT2D eigenvalue weighted by atomic mass is 10.1. The van der Waals surface area contributed by atoms with Gasteiger partial charge in [0.05, 0.1) is 12.1 Å². The maximum atomic E-state index is 12.5. The van der Waals surface area contributed by atoms with Gasteiger partial charge in [-0.3, -0.25) is 9.59 Å². The molecule has 24 heavy (non-hydrogen) atoms. The number of aromatic amines is 1. The summed E-state index contributed by atoms with van der Waals surface area (Å²) in [5.74, 6) is 1.20. The highest BCUT2D eigenvalue weighted by Gasteiger charge is 2.23. The number of hydrogen-bond donors (Lipinski definition) is 1. The van der Waals surface area contributed by atoms with Gasteiger partial charge in [0.2, 0.25) is 11.9 Å². The van der Waals surface area contributed by atoms with E-state index < -0.39 is 0 Å². The summed E-state index contributed by atoms with van der Waals surface area (Å²) in [5.41, 5.74) is 0.872. The molecule has 1 fully saturated rings. The first-order chi connectivity index (χ1) is 11.5. The Bertz CT molecular complexity index is 781. The number of carbonyl (C=O) groups is 1. The fourth-order valence-electron chi connectivity index (χ4n) is 2.74. The van der Waals surface area contributed by atoms with Crippen molar-refractivity contribution >= 4 is 11.9 Å². The van der Waals surface area contributed by atoms with Gasteiger partial charge < -0.3 is 14.8 Å². The molecule has 0 atom stereocenters. The van der Waals surface area contributed by atoms with Gasteiger partial charge in [0, 0.05) is 44.1 Å². The predicted molar refractivity (Wildman–Crippen MR) is 88.9 cm³/mol. The molecule has 0 unspecified atom stereocenters. The smallest absolute Gasteiger partial charge is 0.254 e. The molecule has 2 aromatic heterocycles. The van der Waals surface area contributed by atoms with Crippen molar-refractivity contribution in [3.63, 3.8) is 0 Å². The van der Waals surface area contributed by atoms with Gasteiger partial charge in [-0.1, -0.05) is 0 Å². The van der Waals surface area contributed by atoms with Crippen molar-refractivity contribution in [2.75, 3.05) is 31.1 Å². The zero-order valence-electron chi connectivity index (χ0n) is 13.8. The standard InChI is InChI=1S/C16H20N6O2/c1-11-13(19-12(2)20-15(11)24)10-14(23)21-6-8-22(9-7-21)16-17-4-3-5-18-16/h3-5H,6-10H2,1-2H3,(H,19,20,24). The minimum Gasteiger partial charge on any atom is -0.339 e. The highest BCUT2D eigenvalue weighted by Crippen LogP contribution is 2.11. The number of rotatable bonds is 3. The second-order valence-corrected chi connectivity index (χ2v) is 5.82. The molecule has 1 saturated heterocycles. The molecule has 3 rings (SSSR count). The average Bonchev–Trinajstić information content (AvgIpc) is 2.60. The maximum absolute atomic E-state index is 12.5. The van der Waals surface area contributed by atoms with E-state index in [2.05, 4.69) is 24.8 Å². The number of aryl methyl sites for hydroxylation is 1. The van der Waals surface area contributed by atoms with Crippen LogP contribution >= 0.6 is 0 Å². The van der Waals surface area contributed by atoms with E-state index in [0.29, 0.717) is 49.2 Å². The van der Waals surface area contributed by atoms with Crippen molar-refractivity contribution < 1.29 is 4.79 Å². The summed E-state index contributed by atoms with van der Waals surface area (Å²) in [5, 5.41) is 0. The first-order valence-corrected chi connectivity index (χ1v) is 7.90. The minimum atomic E-state index is -0.184. The van der Waals surface area contributed by atoms with Gasteiger partial charge in [0.15, 0.2) is 0 Å². The highest BCUT2D eigenvalue weighted by atomic mass is 16.2. The van der Waals surface area contributed by atoms with Crippen molar-refractivity contribution in [3.05, 3.63) is 45.9 Å². The van der Waals surface area contributed by atoms with Crippen LogP contribution < -0.4 is 10.5 Å². The second kappa shape index (κ2) is 6.77. The van der Waals surface area contributed by atoms with Crippen LogP contribution in [0.25, 0.3) is 0 Å². The van der Waals surface area contributed by atoms with E-state index in [1.807, 2.05) is 0 Å². The molecule has 126 valence electrons. The molecule has 0 bridgehead atoms. The molecule has 3 heterocycles. The van der Waals surface area contributed by atoms with Crippen LogP contribution in [0.1, 0.15) is 17.1 Å². The average molecular weight is 328 g/mol. The number of amides is 1. The van der Waals surface area contributed by atoms with Gasteiger partial charge in [-0.2, -0.15) is 0 Å². The van der Waals surface area contributed by atoms with Crippen molar-refractivity contribution in [1.82, 2.24) is 24.8 Å². The molecule has 1 amide bonds. The van der Waals surface area contributed by atoms with Crippen LogP contribution in [0.3, 0.4) is 0 Å². The molecule has 0 radical (unpaired) electrons. The van der Waals surface area contributed by atoms with E-state index in [0.717, 1.165) is 0 Å². The number of nitrogens with one attached hydrogen (secondary N) is 1. The van der Waals surface area contributed by atoms with Crippen molar-refractivity contribution in [2.45, 2.75) is 20.3 Å². The summed E-state index contributed by atoms with van der Waals surface area (Å²) >= 11 is 0. The summed E-state index contributed by atoms with van der Waals surface area (Å²) < 4.78 is 0. The van der Waals surface area contributed by atoms with Gasteiger partial charge >= 0.3 is 0 Å². The van der Waals surface area contributed by atoms with E-state index in [9.17, 15) is 9.59 Å². The molecule has 8 nitrogen and oxygen atoms in total. The maximum Gasteiger partial charge on any atom is 0.254 e. The Morgan fingerprint density at radius 3 is 2.50 bits per heavy atom. The van der Waals surface area contributed by atoms with Crippen LogP contribution in [0.5, 0.6) is 0 Å². The zero-order valence-corrected chi connectivity index (χ0v) is 13.8. The second-order valence-electron chi connectivity index (χ2n) is 5.82. The monoisotopic (exact) mass is 328 g/mol. The molecule has 1 aliphatic rings. The Balaban J connectivity index is 1.63. The van der Waals surface area contributed by atoms with Crippen molar-refractivity contribution in [3.8, 4) is 0 Å². The molecule has 0 aliphatic carbocycles. The number of hydrogen-bond acceptors (Lipinski definition) is 6. The van der Waals surface area contributed by atoms with E-state index in [1.54, 1.807) is 37.2 Å². The third-order valence-electron chi connectivity index (χ3n) is 4.16. The fourth-order valence-corrected chi connectivity index (χ4v) is 2.74. The van der Waals surface area contributed by atoms with E-state index >= 15 is 0 Å². The van der Waals surface area contributed by atoms with Crippen LogP contribution in [0.15, 0.2) is 23.3 Å². The molecule has 8 heteroatoms. The topological polar surface area (TPSA) is 95.1 Å². The SMILES string of the molecule is Cc1nc(CC(=O)N2CCN(c3ncccn3)CC2)c(C)c(=O)[nH]1. The number of anilines is 1.